The van der Waals surface area contributed by atoms with Crippen LogP contribution in [0.4, 0.5) is 26.3 Å². The van der Waals surface area contributed by atoms with Crippen LogP contribution < -0.4 is 4.57 Å². The first-order chi connectivity index (χ1) is 14.1. The van der Waals surface area contributed by atoms with Gasteiger partial charge in [-0.15, -0.1) is 0 Å². The summed E-state index contributed by atoms with van der Waals surface area (Å²) in [7, 11) is -13.4. The van der Waals surface area contributed by atoms with Crippen LogP contribution in [0.15, 0.2) is 31.1 Å². The Kier molecular flexibility index (Phi) is 11.7. The second-order valence-corrected chi connectivity index (χ2v) is 9.68. The summed E-state index contributed by atoms with van der Waals surface area (Å²) >= 11 is 0. The molecule has 0 spiro atoms. The zero-order chi connectivity index (χ0) is 24.3. The number of aromatic nitrogens is 1. The molecule has 0 aromatic carbocycles. The average Bonchev–Trinajstić information content (AvgIpc) is 2.63. The third-order valence-corrected chi connectivity index (χ3v) is 6.44. The van der Waals surface area contributed by atoms with Crippen LogP contribution in [0, 0.1) is 0 Å². The van der Waals surface area contributed by atoms with E-state index in [4.69, 9.17) is 0 Å². The summed E-state index contributed by atoms with van der Waals surface area (Å²) in [6.07, 6.45) is 14.3. The summed E-state index contributed by atoms with van der Waals surface area (Å²) in [5, 5.41) is 0. The van der Waals surface area contributed by atoms with Crippen molar-refractivity contribution >= 4 is 26.1 Å². The first-order valence-corrected chi connectivity index (χ1v) is 11.9. The lowest BCUT2D eigenvalue weighted by atomic mass is 10.1. The largest absolute Gasteiger partial charge is 0.480 e. The van der Waals surface area contributed by atoms with Crippen molar-refractivity contribution < 1.29 is 47.7 Å². The minimum absolute atomic E-state index is 0.778. The molecule has 180 valence electrons. The van der Waals surface area contributed by atoms with E-state index in [1.807, 2.05) is 6.08 Å². The van der Waals surface area contributed by atoms with E-state index in [2.05, 4.69) is 42.6 Å². The molecule has 1 heterocycles. The summed E-state index contributed by atoms with van der Waals surface area (Å²) in [6.45, 7) is 7.16. The lowest BCUT2D eigenvalue weighted by Gasteiger charge is -2.22. The van der Waals surface area contributed by atoms with Crippen LogP contribution in [0.3, 0.4) is 0 Å². The molecule has 0 bridgehead atoms. The summed E-state index contributed by atoms with van der Waals surface area (Å²) < 4.78 is 111. The number of hydrogen-bond donors (Lipinski definition) is 0. The molecule has 31 heavy (non-hydrogen) atoms. The lowest BCUT2D eigenvalue weighted by molar-refractivity contribution is -0.697. The molecular weight excluding hydrogens is 474 g/mol. The van der Waals surface area contributed by atoms with Gasteiger partial charge < -0.3 is 4.13 Å². The van der Waals surface area contributed by atoms with Gasteiger partial charge >= 0.3 is 11.0 Å². The van der Waals surface area contributed by atoms with E-state index in [0.29, 0.717) is 0 Å². The van der Waals surface area contributed by atoms with Crippen LogP contribution in [0.2, 0.25) is 0 Å². The quantitative estimate of drug-likeness (QED) is 0.257. The van der Waals surface area contributed by atoms with Crippen molar-refractivity contribution in [3.63, 3.8) is 0 Å². The van der Waals surface area contributed by atoms with Gasteiger partial charge in [-0.1, -0.05) is 45.3 Å². The molecule has 0 amide bonds. The average molecular weight is 499 g/mol. The van der Waals surface area contributed by atoms with Gasteiger partial charge in [-0.05, 0) is 12.0 Å². The number of alkyl halides is 6. The third kappa shape index (κ3) is 11.0. The Morgan fingerprint density at radius 1 is 0.871 bits per heavy atom. The molecule has 0 unspecified atom stereocenters. The Morgan fingerprint density at radius 3 is 1.68 bits per heavy atom. The van der Waals surface area contributed by atoms with Gasteiger partial charge in [-0.3, -0.25) is 0 Å². The Balaban J connectivity index is 0.000000582. The second-order valence-electron chi connectivity index (χ2n) is 6.26. The van der Waals surface area contributed by atoms with Gasteiger partial charge in [-0.25, -0.2) is 21.4 Å². The van der Waals surface area contributed by atoms with Gasteiger partial charge in [0.2, 0.25) is 0 Å². The van der Waals surface area contributed by atoms with E-state index in [-0.39, 0.29) is 0 Å². The van der Waals surface area contributed by atoms with E-state index >= 15 is 0 Å². The zero-order valence-corrected chi connectivity index (χ0v) is 18.3. The van der Waals surface area contributed by atoms with Crippen LogP contribution in [0.5, 0.6) is 0 Å². The molecule has 0 radical (unpaired) electrons. The van der Waals surface area contributed by atoms with Crippen molar-refractivity contribution in [2.75, 3.05) is 0 Å². The van der Waals surface area contributed by atoms with E-state index in [1.165, 1.54) is 44.1 Å². The van der Waals surface area contributed by atoms with Crippen molar-refractivity contribution in [3.05, 3.63) is 40.8 Å². The molecule has 14 heteroatoms. The molecule has 1 rings (SSSR count). The number of sulfonamides is 2. The highest BCUT2D eigenvalue weighted by Gasteiger charge is 2.46. The molecule has 0 N–H and O–H groups in total. The van der Waals surface area contributed by atoms with E-state index in [0.717, 1.165) is 10.7 Å². The number of halogens is 6. The minimum Gasteiger partial charge on any atom is -0.421 e. The fraction of sp³-hybridized carbons (Fsp3) is 0.588. The Labute approximate surface area is 178 Å². The maximum absolute atomic E-state index is 11.4. The molecule has 1 aromatic rings. The van der Waals surface area contributed by atoms with Crippen molar-refractivity contribution in [1.82, 2.24) is 0 Å². The highest BCUT2D eigenvalue weighted by atomic mass is 32.3. The molecule has 0 aliphatic heterocycles. The van der Waals surface area contributed by atoms with Crippen molar-refractivity contribution in [2.24, 2.45) is 0 Å². The Hall–Kier alpha value is -1.67. The number of nitrogens with zero attached hydrogens (tertiary/aromatic N) is 2. The summed E-state index contributed by atoms with van der Waals surface area (Å²) in [5.41, 5.74) is -11.2. The van der Waals surface area contributed by atoms with Gasteiger partial charge in [0.25, 0.3) is 0 Å². The monoisotopic (exact) mass is 498 g/mol. The SMILES string of the molecule is C=Cc1cc[n+](CCCCCCCC)cc1.O=S(=O)([N-]S(=O)(=O)C(F)(F)F)C(F)(F)F. The maximum atomic E-state index is 11.4. The normalized spacial score (nSPS) is 12.7. The van der Waals surface area contributed by atoms with E-state index in [9.17, 15) is 43.2 Å². The standard InChI is InChI=1S/C15H24N.C2F6NO4S2/c1-3-5-6-7-8-9-12-16-13-10-15(4-2)11-14-16;3-1(4,5)14(10,11)9-15(12,13)2(6,7)8/h4,10-11,13-14H,2-3,5-9,12H2,1H3;/q+1;-1. The third-order valence-electron chi connectivity index (χ3n) is 3.70. The predicted molar refractivity (Wildman–Crippen MR) is 103 cm³/mol. The summed E-state index contributed by atoms with van der Waals surface area (Å²) in [4.78, 5) is 0. The van der Waals surface area contributed by atoms with Crippen LogP contribution in [-0.2, 0) is 26.6 Å². The van der Waals surface area contributed by atoms with Crippen LogP contribution in [-0.4, -0.2) is 27.9 Å². The first kappa shape index (κ1) is 29.3. The molecule has 0 aliphatic carbocycles. The minimum atomic E-state index is -6.72. The molecule has 0 saturated heterocycles. The second kappa shape index (κ2) is 12.4. The van der Waals surface area contributed by atoms with E-state index < -0.39 is 31.1 Å². The topological polar surface area (TPSA) is 86.3 Å². The van der Waals surface area contributed by atoms with Crippen LogP contribution in [0.1, 0.15) is 51.0 Å². The number of rotatable bonds is 10. The summed E-state index contributed by atoms with van der Waals surface area (Å²) in [5.74, 6) is 0. The van der Waals surface area contributed by atoms with Crippen molar-refractivity contribution in [1.29, 1.82) is 0 Å². The fourth-order valence-corrected chi connectivity index (χ4v) is 3.75. The smallest absolute Gasteiger partial charge is 0.421 e. The van der Waals surface area contributed by atoms with Gasteiger partial charge in [-0.2, -0.15) is 26.3 Å². The summed E-state index contributed by atoms with van der Waals surface area (Å²) in [6, 6.07) is 4.23. The maximum Gasteiger partial charge on any atom is 0.480 e. The van der Waals surface area contributed by atoms with Crippen molar-refractivity contribution in [3.8, 4) is 0 Å². The Morgan fingerprint density at radius 2 is 1.29 bits per heavy atom. The first-order valence-electron chi connectivity index (χ1n) is 9.05. The van der Waals surface area contributed by atoms with Crippen LogP contribution >= 0.6 is 0 Å². The number of aryl methyl sites for hydroxylation is 1. The van der Waals surface area contributed by atoms with Gasteiger partial charge in [0.05, 0.1) is 0 Å². The molecule has 0 fully saturated rings. The van der Waals surface area contributed by atoms with Crippen LogP contribution in [0.25, 0.3) is 10.2 Å². The zero-order valence-electron chi connectivity index (χ0n) is 16.7. The predicted octanol–water partition coefficient (Wildman–Crippen LogP) is 5.04. The highest BCUT2D eigenvalue weighted by Crippen LogP contribution is 2.36. The number of hydrogen-bond acceptors (Lipinski definition) is 4. The van der Waals surface area contributed by atoms with Gasteiger partial charge in [0.1, 0.15) is 6.54 Å². The van der Waals surface area contributed by atoms with Gasteiger partial charge in [0.15, 0.2) is 32.4 Å². The van der Waals surface area contributed by atoms with E-state index in [1.54, 1.807) is 0 Å². The molecule has 0 atom stereocenters. The molecule has 0 aliphatic rings. The fourth-order valence-electron chi connectivity index (χ4n) is 2.04. The lowest BCUT2D eigenvalue weighted by Crippen LogP contribution is -2.32. The molecule has 0 saturated carbocycles. The number of pyridine rings is 1. The van der Waals surface area contributed by atoms with Crippen molar-refractivity contribution in [2.45, 2.75) is 63.0 Å². The Bertz CT molecular complexity index is 839. The molecular formula is C17H24F6N2O4S2. The molecule has 1 aromatic heterocycles. The van der Waals surface area contributed by atoms with Gasteiger partial charge in [0, 0.05) is 18.6 Å². The number of unbranched alkanes of at least 4 members (excludes halogenated alkanes) is 5. The molecule has 6 nitrogen and oxygen atoms in total. The highest BCUT2D eigenvalue weighted by molar-refractivity contribution is 8.13.